The Hall–Kier alpha value is -3.78. The van der Waals surface area contributed by atoms with Crippen molar-refractivity contribution < 1.29 is 19.2 Å². The van der Waals surface area contributed by atoms with Crippen molar-refractivity contribution in [3.63, 3.8) is 0 Å². The van der Waals surface area contributed by atoms with Crippen molar-refractivity contribution in [2.24, 2.45) is 10.3 Å². The van der Waals surface area contributed by atoms with Crippen molar-refractivity contribution in [3.05, 3.63) is 58.7 Å². The van der Waals surface area contributed by atoms with Crippen LogP contribution in [0.2, 0.25) is 0 Å². The molecule has 0 amide bonds. The Morgan fingerprint density at radius 3 is 1.57 bits per heavy atom. The molecule has 0 atom stereocenters. The van der Waals surface area contributed by atoms with Crippen LogP contribution in [0.15, 0.2) is 34.6 Å². The lowest BCUT2D eigenvalue weighted by atomic mass is 10.1. The van der Waals surface area contributed by atoms with Crippen LogP contribution in [0, 0.1) is 35.3 Å². The highest BCUT2D eigenvalue weighted by Crippen LogP contribution is 2.07. The summed E-state index contributed by atoms with van der Waals surface area (Å²) >= 11 is 0. The van der Waals surface area contributed by atoms with Crippen molar-refractivity contribution in [2.75, 3.05) is 0 Å². The van der Waals surface area contributed by atoms with Crippen molar-refractivity contribution in [2.45, 2.75) is 38.5 Å². The largest absolute Gasteiger partial charge is 0.411 e. The highest BCUT2D eigenvalue weighted by atomic mass is 19.1. The molecule has 0 aromatic carbocycles. The van der Waals surface area contributed by atoms with E-state index in [1.54, 1.807) is 0 Å². The molecule has 30 heavy (non-hydrogen) atoms. The fraction of sp³-hybridized carbons (Fsp3) is 0.273. The topological polar surface area (TPSA) is 91.0 Å². The third kappa shape index (κ3) is 7.69. The minimum absolute atomic E-state index is 0.0565. The van der Waals surface area contributed by atoms with E-state index >= 15 is 0 Å². The molecule has 2 aromatic heterocycles. The van der Waals surface area contributed by atoms with E-state index in [9.17, 15) is 8.78 Å². The maximum Gasteiger partial charge on any atom is 0.150 e. The number of rotatable bonds is 7. The van der Waals surface area contributed by atoms with E-state index in [2.05, 4.69) is 44.0 Å². The van der Waals surface area contributed by atoms with Gasteiger partial charge in [0.2, 0.25) is 0 Å². The van der Waals surface area contributed by atoms with Gasteiger partial charge in [-0.3, -0.25) is 0 Å². The fourth-order valence-corrected chi connectivity index (χ4v) is 2.43. The highest BCUT2D eigenvalue weighted by Gasteiger charge is 2.02. The Morgan fingerprint density at radius 2 is 1.17 bits per heavy atom. The van der Waals surface area contributed by atoms with Crippen LogP contribution in [0.25, 0.3) is 0 Å². The SMILES string of the molecule is ON=Cc1nc(C#CCCCCCCC#Cc2ccc(F)c(C=NO)n2)ccc1F. The molecule has 2 rings (SSSR count). The zero-order chi connectivity index (χ0) is 21.6. The summed E-state index contributed by atoms with van der Waals surface area (Å²) in [4.78, 5) is 7.91. The van der Waals surface area contributed by atoms with Crippen molar-refractivity contribution >= 4 is 12.4 Å². The van der Waals surface area contributed by atoms with Gasteiger partial charge in [-0.05, 0) is 48.9 Å². The first kappa shape index (κ1) is 22.5. The van der Waals surface area contributed by atoms with Gasteiger partial charge in [0.15, 0.2) is 11.6 Å². The van der Waals surface area contributed by atoms with E-state index in [4.69, 9.17) is 10.4 Å². The maximum atomic E-state index is 13.4. The van der Waals surface area contributed by atoms with Crippen LogP contribution in [0.4, 0.5) is 8.78 Å². The minimum atomic E-state index is -0.573. The number of pyridine rings is 2. The van der Waals surface area contributed by atoms with Crippen LogP contribution < -0.4 is 0 Å². The van der Waals surface area contributed by atoms with Gasteiger partial charge in [-0.15, -0.1) is 0 Å². The summed E-state index contributed by atoms with van der Waals surface area (Å²) in [6.07, 6.45) is 7.11. The Kier molecular flexibility index (Phi) is 9.48. The normalized spacial score (nSPS) is 10.6. The van der Waals surface area contributed by atoms with Gasteiger partial charge >= 0.3 is 0 Å². The number of nitrogens with zero attached hydrogens (tertiary/aromatic N) is 4. The maximum absolute atomic E-state index is 13.4. The van der Waals surface area contributed by atoms with Crippen LogP contribution >= 0.6 is 0 Å². The number of aromatic nitrogens is 2. The van der Waals surface area contributed by atoms with Gasteiger partial charge in [0.1, 0.15) is 22.8 Å². The van der Waals surface area contributed by atoms with Gasteiger partial charge in [-0.25, -0.2) is 18.7 Å². The molecule has 0 saturated carbocycles. The molecule has 0 fully saturated rings. The standard InChI is InChI=1S/C22H20F2N4O2/c23-19-13-11-17(27-21(19)15-25-29)9-7-5-3-1-2-4-6-8-10-18-12-14-20(24)22(28-18)16-26-30/h11-16,29-30H,1-6H2. The summed E-state index contributed by atoms with van der Waals surface area (Å²) in [5.41, 5.74) is 0.729. The number of hydrogen-bond donors (Lipinski definition) is 2. The molecule has 0 aliphatic heterocycles. The minimum Gasteiger partial charge on any atom is -0.411 e. The summed E-state index contributed by atoms with van der Waals surface area (Å²) in [5.74, 6) is 10.6. The van der Waals surface area contributed by atoms with Crippen molar-refractivity contribution in [1.82, 2.24) is 9.97 Å². The third-order valence-electron chi connectivity index (χ3n) is 3.89. The molecule has 0 unspecified atom stereocenters. The molecule has 2 aromatic rings. The van der Waals surface area contributed by atoms with Crippen LogP contribution in [0.5, 0.6) is 0 Å². The monoisotopic (exact) mass is 410 g/mol. The van der Waals surface area contributed by atoms with Gasteiger partial charge in [-0.1, -0.05) is 35.0 Å². The fourth-order valence-electron chi connectivity index (χ4n) is 2.43. The molecule has 0 aliphatic rings. The van der Waals surface area contributed by atoms with Gasteiger partial charge in [0.05, 0.1) is 12.4 Å². The molecule has 0 aliphatic carbocycles. The van der Waals surface area contributed by atoms with E-state index in [-0.39, 0.29) is 11.4 Å². The smallest absolute Gasteiger partial charge is 0.150 e. The second kappa shape index (κ2) is 12.6. The Bertz CT molecular complexity index is 947. The molecule has 0 bridgehead atoms. The lowest BCUT2D eigenvalue weighted by Gasteiger charge is -1.97. The molecule has 2 heterocycles. The average Bonchev–Trinajstić information content (AvgIpc) is 2.74. The van der Waals surface area contributed by atoms with Crippen LogP contribution in [-0.2, 0) is 0 Å². The Balaban J connectivity index is 1.67. The quantitative estimate of drug-likeness (QED) is 0.236. The van der Waals surface area contributed by atoms with Crippen LogP contribution in [0.3, 0.4) is 0 Å². The van der Waals surface area contributed by atoms with Crippen molar-refractivity contribution in [1.29, 1.82) is 0 Å². The molecule has 8 heteroatoms. The number of oxime groups is 2. The predicted molar refractivity (Wildman–Crippen MR) is 109 cm³/mol. The second-order valence-corrected chi connectivity index (χ2v) is 6.13. The van der Waals surface area contributed by atoms with E-state index < -0.39 is 11.6 Å². The summed E-state index contributed by atoms with van der Waals surface area (Å²) in [6.45, 7) is 0. The molecule has 6 nitrogen and oxygen atoms in total. The van der Waals surface area contributed by atoms with E-state index in [1.165, 1.54) is 24.3 Å². The van der Waals surface area contributed by atoms with E-state index in [0.29, 0.717) is 24.2 Å². The van der Waals surface area contributed by atoms with Crippen molar-refractivity contribution in [3.8, 4) is 23.7 Å². The van der Waals surface area contributed by atoms with Gasteiger partial charge in [0.25, 0.3) is 0 Å². The Morgan fingerprint density at radius 1 is 0.733 bits per heavy atom. The zero-order valence-electron chi connectivity index (χ0n) is 16.1. The molecular weight excluding hydrogens is 390 g/mol. The molecule has 0 radical (unpaired) electrons. The second-order valence-electron chi connectivity index (χ2n) is 6.13. The molecule has 0 spiro atoms. The first-order valence-corrected chi connectivity index (χ1v) is 9.29. The zero-order valence-corrected chi connectivity index (χ0v) is 16.1. The van der Waals surface area contributed by atoms with Gasteiger partial charge in [0, 0.05) is 12.8 Å². The highest BCUT2D eigenvalue weighted by molar-refractivity contribution is 5.77. The summed E-state index contributed by atoms with van der Waals surface area (Å²) in [6, 6.07) is 5.42. The third-order valence-corrected chi connectivity index (χ3v) is 3.89. The lowest BCUT2D eigenvalue weighted by molar-refractivity contribution is 0.321. The number of unbranched alkanes of at least 4 members (excludes halogenated alkanes) is 5. The van der Waals surface area contributed by atoms with Crippen LogP contribution in [0.1, 0.15) is 61.3 Å². The summed E-state index contributed by atoms with van der Waals surface area (Å²) < 4.78 is 26.8. The van der Waals surface area contributed by atoms with E-state index in [1.807, 2.05) is 0 Å². The molecular formula is C22H20F2N4O2. The number of halogens is 2. The first-order chi connectivity index (χ1) is 14.6. The molecule has 0 saturated heterocycles. The van der Waals surface area contributed by atoms with Crippen LogP contribution in [-0.4, -0.2) is 32.8 Å². The molecule has 2 N–H and O–H groups in total. The summed E-state index contributed by atoms with van der Waals surface area (Å²) in [7, 11) is 0. The lowest BCUT2D eigenvalue weighted by Crippen LogP contribution is -1.95. The molecule has 154 valence electrons. The average molecular weight is 410 g/mol. The number of hydrogen-bond acceptors (Lipinski definition) is 6. The predicted octanol–water partition coefficient (Wildman–Crippen LogP) is 4.11. The summed E-state index contributed by atoms with van der Waals surface area (Å²) in [5, 5.41) is 22.5. The first-order valence-electron chi connectivity index (χ1n) is 9.29. The van der Waals surface area contributed by atoms with Gasteiger partial charge < -0.3 is 10.4 Å². The van der Waals surface area contributed by atoms with Gasteiger partial charge in [-0.2, -0.15) is 0 Å². The van der Waals surface area contributed by atoms with E-state index in [0.717, 1.165) is 38.1 Å². The Labute approximate surface area is 173 Å².